The average Bonchev–Trinajstić information content (AvgIpc) is 1.93. The monoisotopic (exact) mass is 247 g/mol. The summed E-state index contributed by atoms with van der Waals surface area (Å²) in [6.45, 7) is 3.83. The molecule has 2 heteroatoms. The number of benzene rings is 1. The van der Waals surface area contributed by atoms with Gasteiger partial charge in [-0.05, 0) is 54.1 Å². The maximum absolute atomic E-state index is 11.0. The molecule has 0 unspecified atom stereocenters. The Balaban J connectivity index is 3.34. The maximum atomic E-state index is 11.0. The van der Waals surface area contributed by atoms with Crippen LogP contribution in [-0.2, 0) is 5.11 Å². The molecule has 53 valence electrons. The first-order valence-corrected chi connectivity index (χ1v) is 4.13. The predicted molar refractivity (Wildman–Crippen MR) is 48.8 cm³/mol. The molecule has 0 spiro atoms. The van der Waals surface area contributed by atoms with Crippen LogP contribution in [0.25, 0.3) is 0 Å². The highest BCUT2D eigenvalue weighted by Gasteiger charge is 2.02. The molecular formula is C8H8IO. The van der Waals surface area contributed by atoms with Crippen LogP contribution >= 0.6 is 22.6 Å². The third-order valence-electron chi connectivity index (χ3n) is 1.67. The summed E-state index contributed by atoms with van der Waals surface area (Å²) in [5.41, 5.74) is 1.97. The first kappa shape index (κ1) is 7.85. The van der Waals surface area contributed by atoms with Crippen LogP contribution in [0, 0.1) is 17.4 Å². The lowest BCUT2D eigenvalue weighted by molar-refractivity contribution is 0.351. The van der Waals surface area contributed by atoms with Gasteiger partial charge in [0.05, 0.1) is 0 Å². The molecule has 10 heavy (non-hydrogen) atoms. The summed E-state index contributed by atoms with van der Waals surface area (Å²) in [6.07, 6.45) is 0. The Kier molecular flexibility index (Phi) is 2.18. The van der Waals surface area contributed by atoms with Crippen molar-refractivity contribution in [2.24, 2.45) is 0 Å². The van der Waals surface area contributed by atoms with Gasteiger partial charge in [-0.15, -0.1) is 0 Å². The molecule has 0 atom stereocenters. The Morgan fingerprint density at radius 3 is 2.30 bits per heavy atom. The molecule has 0 heterocycles. The Bertz CT molecular complexity index is 229. The van der Waals surface area contributed by atoms with E-state index in [2.05, 4.69) is 22.6 Å². The smallest absolute Gasteiger partial charge is 0.181 e. The molecule has 0 saturated carbocycles. The SMILES string of the molecule is Cc1c([O])ccc(I)c1C. The van der Waals surface area contributed by atoms with Gasteiger partial charge in [0.2, 0.25) is 0 Å². The van der Waals surface area contributed by atoms with E-state index in [1.807, 2.05) is 19.9 Å². The Hall–Kier alpha value is -0.250. The summed E-state index contributed by atoms with van der Waals surface area (Å²) in [5.74, 6) is 0.137. The number of hydrogen-bond acceptors (Lipinski definition) is 0. The van der Waals surface area contributed by atoms with E-state index in [9.17, 15) is 5.11 Å². The zero-order chi connectivity index (χ0) is 7.72. The van der Waals surface area contributed by atoms with E-state index in [0.717, 1.165) is 14.7 Å². The molecule has 0 bridgehead atoms. The fraction of sp³-hybridized carbons (Fsp3) is 0.250. The third kappa shape index (κ3) is 1.26. The summed E-state index contributed by atoms with van der Waals surface area (Å²) in [5, 5.41) is 11.0. The molecule has 0 saturated heterocycles. The Morgan fingerprint density at radius 2 is 1.80 bits per heavy atom. The minimum Gasteiger partial charge on any atom is -0.290 e. The van der Waals surface area contributed by atoms with E-state index >= 15 is 0 Å². The second kappa shape index (κ2) is 2.78. The Morgan fingerprint density at radius 1 is 1.20 bits per heavy atom. The first-order valence-electron chi connectivity index (χ1n) is 3.05. The second-order valence-corrected chi connectivity index (χ2v) is 3.46. The van der Waals surface area contributed by atoms with Gasteiger partial charge in [-0.3, -0.25) is 5.11 Å². The normalized spacial score (nSPS) is 9.90. The molecule has 0 amide bonds. The minimum absolute atomic E-state index is 0.137. The molecular weight excluding hydrogens is 239 g/mol. The van der Waals surface area contributed by atoms with Crippen LogP contribution in [-0.4, -0.2) is 0 Å². The van der Waals surface area contributed by atoms with Gasteiger partial charge in [-0.25, -0.2) is 0 Å². The van der Waals surface area contributed by atoms with Gasteiger partial charge < -0.3 is 0 Å². The van der Waals surface area contributed by atoms with E-state index in [4.69, 9.17) is 0 Å². The Labute approximate surface area is 74.2 Å². The van der Waals surface area contributed by atoms with Gasteiger partial charge in [0.15, 0.2) is 5.75 Å². The molecule has 1 radical (unpaired) electrons. The first-order chi connectivity index (χ1) is 4.63. The summed E-state index contributed by atoms with van der Waals surface area (Å²) in [7, 11) is 0. The second-order valence-electron chi connectivity index (χ2n) is 2.30. The number of rotatable bonds is 0. The zero-order valence-electron chi connectivity index (χ0n) is 5.94. The van der Waals surface area contributed by atoms with Crippen molar-refractivity contribution < 1.29 is 5.11 Å². The van der Waals surface area contributed by atoms with E-state index < -0.39 is 0 Å². The largest absolute Gasteiger partial charge is 0.290 e. The van der Waals surface area contributed by atoms with Crippen LogP contribution in [0.2, 0.25) is 0 Å². The van der Waals surface area contributed by atoms with Crippen molar-refractivity contribution >= 4 is 22.6 Å². The quantitative estimate of drug-likeness (QED) is 0.628. The van der Waals surface area contributed by atoms with Crippen molar-refractivity contribution in [3.05, 3.63) is 26.8 Å². The summed E-state index contributed by atoms with van der Waals surface area (Å²) in [6, 6.07) is 3.47. The van der Waals surface area contributed by atoms with Crippen molar-refractivity contribution in [3.63, 3.8) is 0 Å². The summed E-state index contributed by atoms with van der Waals surface area (Å²) in [4.78, 5) is 0. The van der Waals surface area contributed by atoms with Crippen LogP contribution in [0.3, 0.4) is 0 Å². The lowest BCUT2D eigenvalue weighted by Gasteiger charge is -2.01. The van der Waals surface area contributed by atoms with Gasteiger partial charge in [-0.2, -0.15) is 0 Å². The summed E-state index contributed by atoms with van der Waals surface area (Å²) >= 11 is 2.23. The van der Waals surface area contributed by atoms with Crippen molar-refractivity contribution in [1.82, 2.24) is 0 Å². The average molecular weight is 247 g/mol. The fourth-order valence-electron chi connectivity index (χ4n) is 0.763. The molecule has 0 aliphatic heterocycles. The molecule has 1 nitrogen and oxygen atoms in total. The van der Waals surface area contributed by atoms with E-state index in [-0.39, 0.29) is 5.75 Å². The van der Waals surface area contributed by atoms with Gasteiger partial charge in [0.1, 0.15) is 0 Å². The predicted octanol–water partition coefficient (Wildman–Crippen LogP) is 3.05. The number of halogens is 1. The van der Waals surface area contributed by atoms with Crippen LogP contribution in [0.15, 0.2) is 12.1 Å². The van der Waals surface area contributed by atoms with Crippen LogP contribution in [0.1, 0.15) is 11.1 Å². The molecule has 0 aliphatic rings. The van der Waals surface area contributed by atoms with Gasteiger partial charge >= 0.3 is 0 Å². The van der Waals surface area contributed by atoms with Crippen LogP contribution in [0.4, 0.5) is 0 Å². The maximum Gasteiger partial charge on any atom is 0.181 e. The molecule has 0 N–H and O–H groups in total. The highest BCUT2D eigenvalue weighted by atomic mass is 127. The van der Waals surface area contributed by atoms with E-state index in [1.54, 1.807) is 6.07 Å². The molecule has 1 aromatic rings. The third-order valence-corrected chi connectivity index (χ3v) is 2.84. The summed E-state index contributed by atoms with van der Waals surface area (Å²) < 4.78 is 1.16. The lowest BCUT2D eigenvalue weighted by Crippen LogP contribution is -1.84. The molecule has 0 aromatic heterocycles. The zero-order valence-corrected chi connectivity index (χ0v) is 8.10. The standard InChI is InChI=1S/C8H8IO/c1-5-6(2)8(10)4-3-7(5)9/h3-4H,1-2H3. The highest BCUT2D eigenvalue weighted by molar-refractivity contribution is 14.1. The molecule has 0 aliphatic carbocycles. The van der Waals surface area contributed by atoms with Crippen molar-refractivity contribution in [3.8, 4) is 5.75 Å². The fourth-order valence-corrected chi connectivity index (χ4v) is 1.35. The van der Waals surface area contributed by atoms with Gasteiger partial charge in [0, 0.05) is 9.13 Å². The van der Waals surface area contributed by atoms with Crippen molar-refractivity contribution in [1.29, 1.82) is 0 Å². The highest BCUT2D eigenvalue weighted by Crippen LogP contribution is 2.23. The van der Waals surface area contributed by atoms with Crippen LogP contribution < -0.4 is 0 Å². The molecule has 0 fully saturated rings. The van der Waals surface area contributed by atoms with E-state index in [0.29, 0.717) is 0 Å². The topological polar surface area (TPSA) is 19.9 Å². The molecule has 1 rings (SSSR count). The number of hydrogen-bond donors (Lipinski definition) is 0. The molecule has 1 aromatic carbocycles. The van der Waals surface area contributed by atoms with Crippen LogP contribution in [0.5, 0.6) is 5.75 Å². The lowest BCUT2D eigenvalue weighted by atomic mass is 10.1. The van der Waals surface area contributed by atoms with Crippen molar-refractivity contribution in [2.45, 2.75) is 13.8 Å². The van der Waals surface area contributed by atoms with E-state index in [1.165, 1.54) is 0 Å². The van der Waals surface area contributed by atoms with Gasteiger partial charge in [-0.1, -0.05) is 0 Å². The minimum atomic E-state index is 0.137. The van der Waals surface area contributed by atoms with Gasteiger partial charge in [0.25, 0.3) is 0 Å². The van der Waals surface area contributed by atoms with Crippen molar-refractivity contribution in [2.75, 3.05) is 0 Å².